The fraction of sp³-hybridized carbons (Fsp3) is 0.447. The van der Waals surface area contributed by atoms with Crippen LogP contribution >= 0.6 is 22.7 Å². The molecule has 0 aliphatic heterocycles. The highest BCUT2D eigenvalue weighted by Crippen LogP contribution is 2.66. The number of halogens is 6. The molecule has 8 heteroatoms. The molecule has 2 heterocycles. The first kappa shape index (κ1) is 42.8. The molecular formula is C47H54F6S2. The Balaban J connectivity index is 1.45. The number of hydrogen-bond acceptors (Lipinski definition) is 2. The minimum Gasteiger partial charge on any atom is -0.194 e. The van der Waals surface area contributed by atoms with Crippen molar-refractivity contribution in [2.24, 2.45) is 10.8 Å². The fourth-order valence-electron chi connectivity index (χ4n) is 8.25. The van der Waals surface area contributed by atoms with Crippen LogP contribution in [0.3, 0.4) is 0 Å². The van der Waals surface area contributed by atoms with E-state index in [1.807, 2.05) is 38.2 Å². The first-order valence-electron chi connectivity index (χ1n) is 19.1. The number of aryl methyl sites for hydroxylation is 2. The number of hydrogen-bond donors (Lipinski definition) is 0. The molecule has 0 unspecified atom stereocenters. The molecule has 0 saturated carbocycles. The second kappa shape index (κ2) is 15.9. The Bertz CT molecular complexity index is 1950. The van der Waals surface area contributed by atoms with E-state index in [2.05, 4.69) is 53.7 Å². The van der Waals surface area contributed by atoms with Crippen molar-refractivity contribution in [3.05, 3.63) is 125 Å². The predicted octanol–water partition coefficient (Wildman–Crippen LogP) is 16.3. The van der Waals surface area contributed by atoms with Gasteiger partial charge in [-0.25, -0.2) is 0 Å². The summed E-state index contributed by atoms with van der Waals surface area (Å²) >= 11 is 2.20. The summed E-state index contributed by atoms with van der Waals surface area (Å²) in [6.07, 6.45) is 25.8. The molecule has 55 heavy (non-hydrogen) atoms. The first-order chi connectivity index (χ1) is 25.5. The Morgan fingerprint density at radius 2 is 0.945 bits per heavy atom. The third-order valence-electron chi connectivity index (χ3n) is 11.4. The summed E-state index contributed by atoms with van der Waals surface area (Å²) in [4.78, 5) is 1.50. The normalized spacial score (nSPS) is 22.9. The van der Waals surface area contributed by atoms with Crippen LogP contribution in [0.4, 0.5) is 26.3 Å². The SMILES string of the molecule is CC1=C(/C=C/C(C)=C/C=C/c2cc(C3=C(c4cc(/C=C/C=C(C)/C=C/C5=C(C)CCCC5(C)C)sc4C)C(F)(F)C(F)(F)C3(F)F)c(C)s2)C(C)(C)CCC1. The van der Waals surface area contributed by atoms with E-state index in [9.17, 15) is 0 Å². The summed E-state index contributed by atoms with van der Waals surface area (Å²) in [7, 11) is 0. The maximum atomic E-state index is 15.7. The van der Waals surface area contributed by atoms with Gasteiger partial charge in [-0.15, -0.1) is 22.7 Å². The van der Waals surface area contributed by atoms with Crippen LogP contribution in [-0.2, 0) is 0 Å². The van der Waals surface area contributed by atoms with Crippen LogP contribution in [0, 0.1) is 24.7 Å². The monoisotopic (exact) mass is 796 g/mol. The second-order valence-corrected chi connectivity index (χ2v) is 19.4. The summed E-state index contributed by atoms with van der Waals surface area (Å²) in [5.74, 6) is -15.8. The van der Waals surface area contributed by atoms with Gasteiger partial charge >= 0.3 is 17.8 Å². The largest absolute Gasteiger partial charge is 0.380 e. The van der Waals surface area contributed by atoms with Crippen molar-refractivity contribution in [1.82, 2.24) is 0 Å². The molecule has 3 aliphatic carbocycles. The highest BCUT2D eigenvalue weighted by Gasteiger charge is 2.80. The molecule has 0 aromatic carbocycles. The maximum Gasteiger partial charge on any atom is 0.380 e. The summed E-state index contributed by atoms with van der Waals surface area (Å²) in [6.45, 7) is 20.2. The summed E-state index contributed by atoms with van der Waals surface area (Å²) in [6, 6.07) is 2.65. The highest BCUT2D eigenvalue weighted by molar-refractivity contribution is 7.13. The van der Waals surface area contributed by atoms with Crippen LogP contribution in [0.2, 0.25) is 0 Å². The van der Waals surface area contributed by atoms with Gasteiger partial charge < -0.3 is 0 Å². The smallest absolute Gasteiger partial charge is 0.194 e. The molecule has 0 radical (unpaired) electrons. The quantitative estimate of drug-likeness (QED) is 0.166. The van der Waals surface area contributed by atoms with Gasteiger partial charge in [0.05, 0.1) is 0 Å². The molecule has 2 aromatic rings. The number of allylic oxidation sites excluding steroid dienone is 16. The summed E-state index contributed by atoms with van der Waals surface area (Å²) in [5, 5.41) is 0. The molecule has 0 nitrogen and oxygen atoms in total. The molecule has 296 valence electrons. The van der Waals surface area contributed by atoms with Crippen LogP contribution in [0.1, 0.15) is 125 Å². The first-order valence-corrected chi connectivity index (χ1v) is 20.7. The number of alkyl halides is 6. The van der Waals surface area contributed by atoms with E-state index in [0.29, 0.717) is 9.75 Å². The zero-order valence-electron chi connectivity index (χ0n) is 33.8. The predicted molar refractivity (Wildman–Crippen MR) is 224 cm³/mol. The van der Waals surface area contributed by atoms with Crippen molar-refractivity contribution in [3.63, 3.8) is 0 Å². The lowest BCUT2D eigenvalue weighted by molar-refractivity contribution is -0.254. The Morgan fingerprint density at radius 1 is 0.582 bits per heavy atom. The van der Waals surface area contributed by atoms with Crippen molar-refractivity contribution >= 4 is 46.0 Å². The van der Waals surface area contributed by atoms with Gasteiger partial charge in [0.1, 0.15) is 0 Å². The molecular weight excluding hydrogens is 743 g/mol. The van der Waals surface area contributed by atoms with Gasteiger partial charge in [0, 0.05) is 30.7 Å². The van der Waals surface area contributed by atoms with Crippen molar-refractivity contribution in [1.29, 1.82) is 0 Å². The Labute approximate surface area is 332 Å². The van der Waals surface area contributed by atoms with Crippen molar-refractivity contribution in [3.8, 4) is 0 Å². The summed E-state index contributed by atoms with van der Waals surface area (Å²) < 4.78 is 93.3. The Kier molecular flexibility index (Phi) is 12.4. The molecule has 0 saturated heterocycles. The van der Waals surface area contributed by atoms with Gasteiger partial charge in [0.25, 0.3) is 0 Å². The molecule has 5 rings (SSSR count). The van der Waals surface area contributed by atoms with Crippen molar-refractivity contribution in [2.75, 3.05) is 0 Å². The van der Waals surface area contributed by atoms with Gasteiger partial charge in [-0.05, 0) is 137 Å². The van der Waals surface area contributed by atoms with Crippen LogP contribution in [0.5, 0.6) is 0 Å². The van der Waals surface area contributed by atoms with Crippen LogP contribution in [0.25, 0.3) is 23.3 Å². The number of rotatable bonds is 10. The third kappa shape index (κ3) is 8.51. The zero-order chi connectivity index (χ0) is 40.7. The molecule has 0 amide bonds. The topological polar surface area (TPSA) is 0 Å². The standard InChI is InChI=1S/C47H54F6S2/c1-29(21-23-39-31(3)17-13-25-43(39,7)8)15-11-19-35-27-37(33(5)54-35)41-42(46(50,51)47(52,53)45(41,48)49)38-28-36(55-34(38)6)20-12-16-30(2)22-24-40-32(4)18-14-26-44(40,9)10/h11-12,15-16,19-24,27-28H,13-14,17-18,25-26H2,1-10H3/b19-11+,20-12+,23-21+,24-22+,29-15+,30-16+. The Morgan fingerprint density at radius 3 is 1.29 bits per heavy atom. The average Bonchev–Trinajstić information content (AvgIpc) is 3.64. The summed E-state index contributed by atoms with van der Waals surface area (Å²) in [5.41, 5.74) is 4.36. The van der Waals surface area contributed by atoms with Gasteiger partial charge in [-0.3, -0.25) is 0 Å². The minimum atomic E-state index is -5.61. The lowest BCUT2D eigenvalue weighted by atomic mass is 9.72. The minimum absolute atomic E-state index is 0.0980. The zero-order valence-corrected chi connectivity index (χ0v) is 35.4. The molecule has 3 aliphatic rings. The molecule has 0 atom stereocenters. The van der Waals surface area contributed by atoms with Gasteiger partial charge in [-0.1, -0.05) is 98.6 Å². The third-order valence-corrected chi connectivity index (χ3v) is 13.5. The number of thiophene rings is 2. The lowest BCUT2D eigenvalue weighted by Gasteiger charge is -2.33. The lowest BCUT2D eigenvalue weighted by Crippen LogP contribution is -2.48. The van der Waals surface area contributed by atoms with Crippen LogP contribution in [0.15, 0.2) is 94.2 Å². The van der Waals surface area contributed by atoms with E-state index in [-0.39, 0.29) is 31.7 Å². The van der Waals surface area contributed by atoms with Crippen LogP contribution in [-0.4, -0.2) is 17.8 Å². The molecule has 0 bridgehead atoms. The van der Waals surface area contributed by atoms with Gasteiger partial charge in [0.2, 0.25) is 0 Å². The molecule has 0 N–H and O–H groups in total. The van der Waals surface area contributed by atoms with Crippen LogP contribution < -0.4 is 0 Å². The molecule has 0 fully saturated rings. The van der Waals surface area contributed by atoms with E-state index < -0.39 is 28.9 Å². The van der Waals surface area contributed by atoms with Gasteiger partial charge in [-0.2, -0.15) is 26.3 Å². The fourth-order valence-corrected chi connectivity index (χ4v) is 10.2. The van der Waals surface area contributed by atoms with E-state index in [1.165, 1.54) is 61.1 Å². The second-order valence-electron chi connectivity index (χ2n) is 16.8. The van der Waals surface area contributed by atoms with Gasteiger partial charge in [0.15, 0.2) is 0 Å². The van der Waals surface area contributed by atoms with E-state index in [4.69, 9.17) is 0 Å². The molecule has 2 aromatic heterocycles. The van der Waals surface area contributed by atoms with Crippen molar-refractivity contribution < 1.29 is 26.3 Å². The van der Waals surface area contributed by atoms with Crippen molar-refractivity contribution in [2.45, 2.75) is 126 Å². The van der Waals surface area contributed by atoms with E-state index in [1.54, 1.807) is 24.3 Å². The average molecular weight is 797 g/mol. The Hall–Kier alpha value is -3.36. The molecule has 0 spiro atoms. The van der Waals surface area contributed by atoms with E-state index in [0.717, 1.165) is 59.5 Å². The maximum absolute atomic E-state index is 15.7. The van der Waals surface area contributed by atoms with E-state index >= 15 is 26.3 Å². The highest BCUT2D eigenvalue weighted by atomic mass is 32.1.